The summed E-state index contributed by atoms with van der Waals surface area (Å²) in [6, 6.07) is 1.83. The second-order valence-corrected chi connectivity index (χ2v) is 4.12. The number of aromatic nitrogens is 2. The average molecular weight is 240 g/mol. The number of rotatable bonds is 4. The minimum absolute atomic E-state index is 0.313. The lowest BCUT2D eigenvalue weighted by Gasteiger charge is -1.98. The molecule has 0 radical (unpaired) electrons. The lowest BCUT2D eigenvalue weighted by atomic mass is 10.3. The van der Waals surface area contributed by atoms with Crippen LogP contribution in [0.15, 0.2) is 16.0 Å². The molecule has 0 spiro atoms. The molecule has 0 fully saturated rings. The predicted octanol–water partition coefficient (Wildman–Crippen LogP) is 2.25. The van der Waals surface area contributed by atoms with Crippen LogP contribution in [0.5, 0.6) is 5.75 Å². The van der Waals surface area contributed by atoms with E-state index in [1.54, 1.807) is 7.11 Å². The number of aliphatic hydroxyl groups excluding tert-OH is 1. The average Bonchev–Trinajstić information content (AvgIpc) is 2.95. The summed E-state index contributed by atoms with van der Waals surface area (Å²) in [5.74, 6) is 1.40. The number of ether oxygens (including phenoxy) is 1. The van der Waals surface area contributed by atoms with Gasteiger partial charge in [-0.3, -0.25) is 0 Å². The van der Waals surface area contributed by atoms with Gasteiger partial charge in [0, 0.05) is 0 Å². The maximum absolute atomic E-state index is 9.55. The third kappa shape index (κ3) is 1.94. The summed E-state index contributed by atoms with van der Waals surface area (Å²) in [6.07, 6.45) is -0.121. The first-order valence-corrected chi connectivity index (χ1v) is 5.77. The number of thiophene rings is 1. The molecule has 1 unspecified atom stereocenters. The van der Waals surface area contributed by atoms with Crippen molar-refractivity contribution in [1.82, 2.24) is 10.1 Å². The first kappa shape index (κ1) is 11.1. The Morgan fingerprint density at radius 1 is 1.62 bits per heavy atom. The first-order valence-electron chi connectivity index (χ1n) is 4.89. The van der Waals surface area contributed by atoms with E-state index in [9.17, 15) is 5.11 Å². The van der Waals surface area contributed by atoms with Crippen molar-refractivity contribution in [3.05, 3.63) is 17.3 Å². The SMILES string of the molecule is CCC(O)c1noc(-c2sccc2OC)n1. The zero-order valence-electron chi connectivity index (χ0n) is 9.01. The van der Waals surface area contributed by atoms with Crippen LogP contribution in [0.4, 0.5) is 0 Å². The molecule has 2 rings (SSSR count). The molecule has 0 amide bonds. The standard InChI is InChI=1S/C10H12N2O3S/c1-3-6(13)9-11-10(15-12-9)8-7(14-2)4-5-16-8/h4-6,13H,3H2,1-2H3. The molecule has 0 aliphatic rings. The highest BCUT2D eigenvalue weighted by atomic mass is 32.1. The highest BCUT2D eigenvalue weighted by Crippen LogP contribution is 2.34. The van der Waals surface area contributed by atoms with E-state index in [4.69, 9.17) is 9.26 Å². The molecule has 0 saturated heterocycles. The summed E-state index contributed by atoms with van der Waals surface area (Å²) in [5, 5.41) is 15.2. The Labute approximate surface area is 96.7 Å². The van der Waals surface area contributed by atoms with Gasteiger partial charge in [-0.25, -0.2) is 0 Å². The largest absolute Gasteiger partial charge is 0.495 e. The van der Waals surface area contributed by atoms with Crippen molar-refractivity contribution < 1.29 is 14.4 Å². The summed E-state index contributed by atoms with van der Waals surface area (Å²) in [5.41, 5.74) is 0. The third-order valence-electron chi connectivity index (χ3n) is 2.17. The van der Waals surface area contributed by atoms with Crippen molar-refractivity contribution in [2.45, 2.75) is 19.4 Å². The van der Waals surface area contributed by atoms with E-state index in [0.29, 0.717) is 23.9 Å². The fourth-order valence-corrected chi connectivity index (χ4v) is 2.04. The summed E-state index contributed by atoms with van der Waals surface area (Å²) in [4.78, 5) is 4.92. The third-order valence-corrected chi connectivity index (χ3v) is 3.05. The number of hydrogen-bond acceptors (Lipinski definition) is 6. The molecule has 2 aromatic rings. The van der Waals surface area contributed by atoms with Gasteiger partial charge in [-0.1, -0.05) is 12.1 Å². The molecule has 16 heavy (non-hydrogen) atoms. The van der Waals surface area contributed by atoms with E-state index in [-0.39, 0.29) is 0 Å². The maximum Gasteiger partial charge on any atom is 0.271 e. The van der Waals surface area contributed by atoms with Gasteiger partial charge in [-0.05, 0) is 17.9 Å². The molecule has 1 N–H and O–H groups in total. The Kier molecular flexibility index (Phi) is 3.21. The van der Waals surface area contributed by atoms with Gasteiger partial charge in [0.05, 0.1) is 7.11 Å². The first-order chi connectivity index (χ1) is 7.76. The van der Waals surface area contributed by atoms with Crippen molar-refractivity contribution >= 4 is 11.3 Å². The molecule has 2 heterocycles. The van der Waals surface area contributed by atoms with Crippen LogP contribution in [0.3, 0.4) is 0 Å². The van der Waals surface area contributed by atoms with Gasteiger partial charge >= 0.3 is 0 Å². The second-order valence-electron chi connectivity index (χ2n) is 3.20. The lowest BCUT2D eigenvalue weighted by Crippen LogP contribution is -1.97. The zero-order chi connectivity index (χ0) is 11.5. The highest BCUT2D eigenvalue weighted by Gasteiger charge is 2.18. The lowest BCUT2D eigenvalue weighted by molar-refractivity contribution is 0.159. The minimum atomic E-state index is -0.677. The maximum atomic E-state index is 9.55. The van der Waals surface area contributed by atoms with Gasteiger partial charge in [-0.15, -0.1) is 11.3 Å². The number of methoxy groups -OCH3 is 1. The second kappa shape index (κ2) is 4.63. The van der Waals surface area contributed by atoms with Crippen molar-refractivity contribution in [2.24, 2.45) is 0 Å². The molecule has 6 heteroatoms. The molecule has 0 bridgehead atoms. The van der Waals surface area contributed by atoms with Crippen LogP contribution in [-0.2, 0) is 0 Å². The summed E-state index contributed by atoms with van der Waals surface area (Å²) in [6.45, 7) is 1.85. The molecule has 86 valence electrons. The molecule has 0 aliphatic carbocycles. The quantitative estimate of drug-likeness (QED) is 0.887. The Morgan fingerprint density at radius 2 is 2.44 bits per heavy atom. The Hall–Kier alpha value is -1.40. The molecule has 1 atom stereocenters. The zero-order valence-corrected chi connectivity index (χ0v) is 9.82. The van der Waals surface area contributed by atoms with Gasteiger partial charge in [0.1, 0.15) is 16.7 Å². The van der Waals surface area contributed by atoms with Gasteiger partial charge in [0.25, 0.3) is 5.89 Å². The van der Waals surface area contributed by atoms with Crippen molar-refractivity contribution in [3.63, 3.8) is 0 Å². The van der Waals surface area contributed by atoms with Gasteiger partial charge in [0.2, 0.25) is 5.82 Å². The molecular weight excluding hydrogens is 228 g/mol. The van der Waals surface area contributed by atoms with E-state index < -0.39 is 6.10 Å². The molecule has 0 aliphatic heterocycles. The van der Waals surface area contributed by atoms with E-state index in [1.165, 1.54) is 11.3 Å². The number of hydrogen-bond donors (Lipinski definition) is 1. The fourth-order valence-electron chi connectivity index (χ4n) is 1.26. The summed E-state index contributed by atoms with van der Waals surface area (Å²) >= 11 is 1.46. The van der Waals surface area contributed by atoms with Crippen molar-refractivity contribution in [2.75, 3.05) is 7.11 Å². The highest BCUT2D eigenvalue weighted by molar-refractivity contribution is 7.13. The Balaban J connectivity index is 2.31. The van der Waals surface area contributed by atoms with Crippen molar-refractivity contribution in [3.8, 4) is 16.5 Å². The molecule has 2 aromatic heterocycles. The predicted molar refractivity (Wildman–Crippen MR) is 59.4 cm³/mol. The van der Waals surface area contributed by atoms with Gasteiger partial charge in [-0.2, -0.15) is 4.98 Å². The topological polar surface area (TPSA) is 68.4 Å². The van der Waals surface area contributed by atoms with Crippen LogP contribution >= 0.6 is 11.3 Å². The van der Waals surface area contributed by atoms with Crippen LogP contribution < -0.4 is 4.74 Å². The van der Waals surface area contributed by atoms with E-state index >= 15 is 0 Å². The molecular formula is C10H12N2O3S. The Morgan fingerprint density at radius 3 is 3.12 bits per heavy atom. The summed E-state index contributed by atoms with van der Waals surface area (Å²) in [7, 11) is 1.59. The van der Waals surface area contributed by atoms with E-state index in [0.717, 1.165) is 4.88 Å². The molecule has 0 aromatic carbocycles. The fraction of sp³-hybridized carbons (Fsp3) is 0.400. The van der Waals surface area contributed by atoms with Gasteiger partial charge in [0.15, 0.2) is 0 Å². The van der Waals surface area contributed by atoms with Gasteiger partial charge < -0.3 is 14.4 Å². The van der Waals surface area contributed by atoms with Crippen LogP contribution in [0.25, 0.3) is 10.8 Å². The van der Waals surface area contributed by atoms with Crippen LogP contribution in [0.2, 0.25) is 0 Å². The smallest absolute Gasteiger partial charge is 0.271 e. The normalized spacial score (nSPS) is 12.7. The molecule has 5 nitrogen and oxygen atoms in total. The number of nitrogens with zero attached hydrogens (tertiary/aromatic N) is 2. The van der Waals surface area contributed by atoms with Crippen LogP contribution in [-0.4, -0.2) is 22.4 Å². The molecule has 0 saturated carbocycles. The number of aliphatic hydroxyl groups is 1. The summed E-state index contributed by atoms with van der Waals surface area (Å²) < 4.78 is 10.2. The van der Waals surface area contributed by atoms with Crippen LogP contribution in [0, 0.1) is 0 Å². The minimum Gasteiger partial charge on any atom is -0.495 e. The Bertz CT molecular complexity index is 466. The van der Waals surface area contributed by atoms with E-state index in [2.05, 4.69) is 10.1 Å². The van der Waals surface area contributed by atoms with E-state index in [1.807, 2.05) is 18.4 Å². The van der Waals surface area contributed by atoms with Crippen LogP contribution in [0.1, 0.15) is 25.3 Å². The van der Waals surface area contributed by atoms with Crippen molar-refractivity contribution in [1.29, 1.82) is 0 Å². The monoisotopic (exact) mass is 240 g/mol.